The minimum atomic E-state index is 0.910. The fourth-order valence-corrected chi connectivity index (χ4v) is 3.42. The molecule has 88 valence electrons. The molecule has 1 saturated carbocycles. The van der Waals surface area contributed by atoms with Gasteiger partial charge in [0.1, 0.15) is 0 Å². The second-order valence-electron chi connectivity index (χ2n) is 5.91. The van der Waals surface area contributed by atoms with Crippen molar-refractivity contribution in [3.63, 3.8) is 0 Å². The Kier molecular flexibility index (Phi) is 4.07. The molecule has 0 amide bonds. The lowest BCUT2D eigenvalue weighted by molar-refractivity contribution is 0.105. The van der Waals surface area contributed by atoms with Gasteiger partial charge in [-0.25, -0.2) is 0 Å². The van der Waals surface area contributed by atoms with E-state index in [0.29, 0.717) is 0 Å². The molecule has 0 aromatic heterocycles. The van der Waals surface area contributed by atoms with Crippen LogP contribution >= 0.6 is 0 Å². The van der Waals surface area contributed by atoms with Crippen LogP contribution in [0.3, 0.4) is 0 Å². The van der Waals surface area contributed by atoms with Crippen LogP contribution < -0.4 is 0 Å². The number of hydrogen-bond acceptors (Lipinski definition) is 1. The minimum absolute atomic E-state index is 0.910. The van der Waals surface area contributed by atoms with Gasteiger partial charge in [0.15, 0.2) is 0 Å². The van der Waals surface area contributed by atoms with Crippen LogP contribution in [0.25, 0.3) is 0 Å². The lowest BCUT2D eigenvalue weighted by Gasteiger charge is -2.39. The third-order valence-electron chi connectivity index (χ3n) is 4.59. The Morgan fingerprint density at radius 2 is 1.47 bits per heavy atom. The van der Waals surface area contributed by atoms with E-state index >= 15 is 0 Å². The average Bonchev–Trinajstić information content (AvgIpc) is 2.30. The number of piperidine rings is 1. The summed E-state index contributed by atoms with van der Waals surface area (Å²) in [7, 11) is 0. The largest absolute Gasteiger partial charge is 0.300 e. The molecular weight excluding hydrogens is 182 g/mol. The van der Waals surface area contributed by atoms with E-state index in [-0.39, 0.29) is 0 Å². The second kappa shape index (κ2) is 5.34. The van der Waals surface area contributed by atoms with Crippen molar-refractivity contribution < 1.29 is 0 Å². The minimum Gasteiger partial charge on any atom is -0.300 e. The van der Waals surface area contributed by atoms with Gasteiger partial charge in [-0.05, 0) is 63.5 Å². The first-order valence-electron chi connectivity index (χ1n) is 7.01. The highest BCUT2D eigenvalue weighted by atomic mass is 15.2. The van der Waals surface area contributed by atoms with Crippen LogP contribution in [-0.4, -0.2) is 24.0 Å². The first-order chi connectivity index (χ1) is 7.27. The van der Waals surface area contributed by atoms with E-state index in [9.17, 15) is 0 Å². The number of likely N-dealkylation sites (tertiary alicyclic amines) is 1. The predicted octanol–water partition coefficient (Wildman–Crippen LogP) is 3.69. The molecule has 1 nitrogen and oxygen atoms in total. The molecule has 1 aliphatic carbocycles. The van der Waals surface area contributed by atoms with Gasteiger partial charge in [0.2, 0.25) is 0 Å². The summed E-state index contributed by atoms with van der Waals surface area (Å²) in [4.78, 5) is 2.78. The fraction of sp³-hybridized carbons (Fsp3) is 1.00. The summed E-state index contributed by atoms with van der Waals surface area (Å²) in [5.41, 5.74) is 0. The molecule has 1 saturated heterocycles. The van der Waals surface area contributed by atoms with E-state index in [2.05, 4.69) is 18.7 Å². The zero-order valence-electron chi connectivity index (χ0n) is 10.5. The van der Waals surface area contributed by atoms with Gasteiger partial charge in [0.05, 0.1) is 0 Å². The second-order valence-corrected chi connectivity index (χ2v) is 5.91. The summed E-state index contributed by atoms with van der Waals surface area (Å²) in [6, 6.07) is 0.945. The molecule has 1 aliphatic heterocycles. The van der Waals surface area contributed by atoms with Gasteiger partial charge in [-0.15, -0.1) is 0 Å². The molecule has 0 bridgehead atoms. The van der Waals surface area contributed by atoms with Crippen LogP contribution in [0.1, 0.15) is 58.8 Å². The van der Waals surface area contributed by atoms with Crippen LogP contribution in [0.15, 0.2) is 0 Å². The Morgan fingerprint density at radius 1 is 0.867 bits per heavy atom. The van der Waals surface area contributed by atoms with Gasteiger partial charge in [0, 0.05) is 6.04 Å². The summed E-state index contributed by atoms with van der Waals surface area (Å²) in [5, 5.41) is 0. The lowest BCUT2D eigenvalue weighted by Crippen LogP contribution is -2.41. The van der Waals surface area contributed by atoms with Crippen LogP contribution in [0.4, 0.5) is 0 Å². The van der Waals surface area contributed by atoms with Crippen molar-refractivity contribution in [3.8, 4) is 0 Å². The quantitative estimate of drug-likeness (QED) is 0.670. The maximum atomic E-state index is 2.78. The van der Waals surface area contributed by atoms with Gasteiger partial charge in [-0.1, -0.05) is 20.3 Å². The topological polar surface area (TPSA) is 3.24 Å². The monoisotopic (exact) mass is 209 g/mol. The molecule has 2 aliphatic rings. The number of nitrogens with zero attached hydrogens (tertiary/aromatic N) is 1. The summed E-state index contributed by atoms with van der Waals surface area (Å²) in [6.45, 7) is 7.56. The zero-order chi connectivity index (χ0) is 10.7. The summed E-state index contributed by atoms with van der Waals surface area (Å²) in [6.07, 6.45) is 10.3. The van der Waals surface area contributed by atoms with Gasteiger partial charge >= 0.3 is 0 Å². The van der Waals surface area contributed by atoms with Crippen molar-refractivity contribution >= 4 is 0 Å². The summed E-state index contributed by atoms with van der Waals surface area (Å²) >= 11 is 0. The standard InChI is InChI=1S/C14H27N/c1-12(2)13-6-8-14(9-7-13)15-10-4-3-5-11-15/h12-14H,3-11H2,1-2H3. The maximum absolute atomic E-state index is 2.78. The zero-order valence-corrected chi connectivity index (χ0v) is 10.5. The predicted molar refractivity (Wildman–Crippen MR) is 66.0 cm³/mol. The van der Waals surface area contributed by atoms with Gasteiger partial charge < -0.3 is 4.90 Å². The van der Waals surface area contributed by atoms with Crippen molar-refractivity contribution in [1.29, 1.82) is 0 Å². The average molecular weight is 209 g/mol. The smallest absolute Gasteiger partial charge is 0.00954 e. The fourth-order valence-electron chi connectivity index (χ4n) is 3.42. The number of hydrogen-bond donors (Lipinski definition) is 0. The number of rotatable bonds is 2. The van der Waals surface area contributed by atoms with E-state index in [0.717, 1.165) is 17.9 Å². The van der Waals surface area contributed by atoms with Crippen molar-refractivity contribution in [3.05, 3.63) is 0 Å². The molecule has 0 N–H and O–H groups in total. The maximum Gasteiger partial charge on any atom is 0.00954 e. The van der Waals surface area contributed by atoms with Crippen LogP contribution in [-0.2, 0) is 0 Å². The molecule has 0 aromatic carbocycles. The Balaban J connectivity index is 1.77. The van der Waals surface area contributed by atoms with Crippen molar-refractivity contribution in [2.45, 2.75) is 64.8 Å². The molecule has 0 atom stereocenters. The normalized spacial score (nSPS) is 34.6. The van der Waals surface area contributed by atoms with Crippen molar-refractivity contribution in [2.75, 3.05) is 13.1 Å². The van der Waals surface area contributed by atoms with Crippen LogP contribution in [0.2, 0.25) is 0 Å². The summed E-state index contributed by atoms with van der Waals surface area (Å²) in [5.74, 6) is 1.93. The third kappa shape index (κ3) is 2.96. The highest BCUT2D eigenvalue weighted by Crippen LogP contribution is 2.32. The van der Waals surface area contributed by atoms with Crippen LogP contribution in [0.5, 0.6) is 0 Å². The molecule has 1 heteroatoms. The highest BCUT2D eigenvalue weighted by Gasteiger charge is 2.27. The van der Waals surface area contributed by atoms with Crippen LogP contribution in [0, 0.1) is 11.8 Å². The Bertz CT molecular complexity index is 174. The first kappa shape index (κ1) is 11.4. The van der Waals surface area contributed by atoms with E-state index in [1.807, 2.05) is 0 Å². The molecule has 2 fully saturated rings. The molecule has 15 heavy (non-hydrogen) atoms. The molecule has 0 radical (unpaired) electrons. The Morgan fingerprint density at radius 3 is 2.00 bits per heavy atom. The van der Waals surface area contributed by atoms with Gasteiger partial charge in [-0.3, -0.25) is 0 Å². The molecular formula is C14H27N. The van der Waals surface area contributed by atoms with Crippen molar-refractivity contribution in [1.82, 2.24) is 4.90 Å². The van der Waals surface area contributed by atoms with Gasteiger partial charge in [-0.2, -0.15) is 0 Å². The third-order valence-corrected chi connectivity index (χ3v) is 4.59. The molecule has 2 rings (SSSR count). The first-order valence-corrected chi connectivity index (χ1v) is 7.01. The van der Waals surface area contributed by atoms with E-state index in [1.165, 1.54) is 58.0 Å². The highest BCUT2D eigenvalue weighted by molar-refractivity contribution is 4.82. The van der Waals surface area contributed by atoms with E-state index in [4.69, 9.17) is 0 Å². The Hall–Kier alpha value is -0.0400. The lowest BCUT2D eigenvalue weighted by atomic mass is 9.79. The Labute approximate surface area is 95.2 Å². The van der Waals surface area contributed by atoms with Crippen molar-refractivity contribution in [2.24, 2.45) is 11.8 Å². The molecule has 0 aromatic rings. The molecule has 1 heterocycles. The molecule has 0 unspecified atom stereocenters. The van der Waals surface area contributed by atoms with Gasteiger partial charge in [0.25, 0.3) is 0 Å². The SMILES string of the molecule is CC(C)C1CCC(N2CCCCC2)CC1. The molecule has 0 spiro atoms. The van der Waals surface area contributed by atoms with E-state index in [1.54, 1.807) is 0 Å². The van der Waals surface area contributed by atoms with E-state index < -0.39 is 0 Å². The summed E-state index contributed by atoms with van der Waals surface area (Å²) < 4.78 is 0.